The van der Waals surface area contributed by atoms with Crippen LogP contribution in [0.3, 0.4) is 0 Å². The molecular formula is C12H13ClN4O. The number of anilines is 1. The Kier molecular flexibility index (Phi) is 3.62. The fourth-order valence-corrected chi connectivity index (χ4v) is 1.73. The maximum absolute atomic E-state index is 11.8. The summed E-state index contributed by atoms with van der Waals surface area (Å²) in [5, 5.41) is 11.1. The van der Waals surface area contributed by atoms with E-state index in [1.54, 1.807) is 23.7 Å². The minimum absolute atomic E-state index is 0.146. The van der Waals surface area contributed by atoms with E-state index in [9.17, 15) is 4.79 Å². The summed E-state index contributed by atoms with van der Waals surface area (Å²) in [7, 11) is 1.80. The fraction of sp³-hybridized carbons (Fsp3) is 0.250. The molecule has 1 amide bonds. The maximum atomic E-state index is 11.8. The van der Waals surface area contributed by atoms with Crippen molar-refractivity contribution in [1.82, 2.24) is 14.8 Å². The van der Waals surface area contributed by atoms with Gasteiger partial charge in [0.1, 0.15) is 5.82 Å². The van der Waals surface area contributed by atoms with Gasteiger partial charge in [-0.15, -0.1) is 10.2 Å². The van der Waals surface area contributed by atoms with E-state index in [2.05, 4.69) is 15.5 Å². The highest BCUT2D eigenvalue weighted by Gasteiger charge is 2.09. The lowest BCUT2D eigenvalue weighted by Crippen LogP contribution is -2.17. The molecule has 18 heavy (non-hydrogen) atoms. The van der Waals surface area contributed by atoms with Crippen molar-refractivity contribution < 1.29 is 4.79 Å². The number of rotatable bonds is 3. The molecule has 0 saturated heterocycles. The molecule has 1 N–H and O–H groups in total. The molecule has 0 fully saturated rings. The van der Waals surface area contributed by atoms with Gasteiger partial charge in [0.25, 0.3) is 0 Å². The van der Waals surface area contributed by atoms with Crippen LogP contribution in [0.15, 0.2) is 24.3 Å². The Balaban J connectivity index is 2.03. The van der Waals surface area contributed by atoms with Crippen LogP contribution < -0.4 is 5.32 Å². The molecule has 0 atom stereocenters. The van der Waals surface area contributed by atoms with E-state index in [-0.39, 0.29) is 12.3 Å². The van der Waals surface area contributed by atoms with Crippen LogP contribution >= 0.6 is 11.6 Å². The molecule has 0 unspecified atom stereocenters. The van der Waals surface area contributed by atoms with E-state index in [0.29, 0.717) is 11.0 Å². The third-order valence-electron chi connectivity index (χ3n) is 2.60. The predicted molar refractivity (Wildman–Crippen MR) is 69.5 cm³/mol. The van der Waals surface area contributed by atoms with Crippen LogP contribution in [0, 0.1) is 6.92 Å². The first-order valence-electron chi connectivity index (χ1n) is 5.46. The second-order valence-corrected chi connectivity index (χ2v) is 4.42. The average molecular weight is 265 g/mol. The number of hydrogen-bond donors (Lipinski definition) is 1. The monoisotopic (exact) mass is 264 g/mol. The molecular weight excluding hydrogens is 252 g/mol. The molecule has 1 aromatic carbocycles. The zero-order valence-corrected chi connectivity index (χ0v) is 10.9. The highest BCUT2D eigenvalue weighted by molar-refractivity contribution is 6.30. The van der Waals surface area contributed by atoms with Crippen molar-refractivity contribution >= 4 is 23.5 Å². The number of carbonyl (C=O) groups is 1. The van der Waals surface area contributed by atoms with E-state index in [1.165, 1.54) is 0 Å². The van der Waals surface area contributed by atoms with Crippen LogP contribution in [0.5, 0.6) is 0 Å². The minimum Gasteiger partial charge on any atom is -0.300 e. The second-order valence-electron chi connectivity index (χ2n) is 3.98. The van der Waals surface area contributed by atoms with Crippen molar-refractivity contribution in [2.45, 2.75) is 13.3 Å². The fourth-order valence-electron chi connectivity index (χ4n) is 1.52. The minimum atomic E-state index is -0.146. The first kappa shape index (κ1) is 12.6. The van der Waals surface area contributed by atoms with Gasteiger partial charge in [0.15, 0.2) is 0 Å². The number of nitrogens with one attached hydrogen (secondary N) is 1. The summed E-state index contributed by atoms with van der Waals surface area (Å²) in [6.07, 6.45) is 0.256. The molecule has 0 saturated carbocycles. The highest BCUT2D eigenvalue weighted by atomic mass is 35.5. The van der Waals surface area contributed by atoms with Crippen LogP contribution in [-0.4, -0.2) is 20.7 Å². The molecule has 0 aliphatic carbocycles. The van der Waals surface area contributed by atoms with Gasteiger partial charge >= 0.3 is 0 Å². The molecule has 94 valence electrons. The predicted octanol–water partition coefficient (Wildman–Crippen LogP) is 1.96. The Labute approximate surface area is 110 Å². The summed E-state index contributed by atoms with van der Waals surface area (Å²) in [4.78, 5) is 11.8. The van der Waals surface area contributed by atoms with E-state index in [4.69, 9.17) is 11.6 Å². The maximum Gasteiger partial charge on any atom is 0.231 e. The van der Waals surface area contributed by atoms with Crippen LogP contribution in [0.2, 0.25) is 5.02 Å². The van der Waals surface area contributed by atoms with Gasteiger partial charge < -0.3 is 4.57 Å². The standard InChI is InChI=1S/C12H13ClN4O/c1-8-15-16-12(17(8)2)14-11(18)7-9-4-3-5-10(13)6-9/h3-6H,7H2,1-2H3,(H,14,16,18). The molecule has 0 radical (unpaired) electrons. The molecule has 1 aromatic heterocycles. The number of aromatic nitrogens is 3. The number of nitrogens with zero attached hydrogens (tertiary/aromatic N) is 3. The smallest absolute Gasteiger partial charge is 0.231 e. The molecule has 0 aliphatic heterocycles. The molecule has 2 rings (SSSR count). The van der Waals surface area contributed by atoms with Gasteiger partial charge in [0.2, 0.25) is 11.9 Å². The number of hydrogen-bond acceptors (Lipinski definition) is 3. The lowest BCUT2D eigenvalue weighted by molar-refractivity contribution is -0.115. The summed E-state index contributed by atoms with van der Waals surface area (Å²) < 4.78 is 1.72. The Hall–Kier alpha value is -1.88. The second kappa shape index (κ2) is 5.18. The van der Waals surface area contributed by atoms with Crippen molar-refractivity contribution in [2.75, 3.05) is 5.32 Å². The lowest BCUT2D eigenvalue weighted by atomic mass is 10.1. The Morgan fingerprint density at radius 3 is 2.83 bits per heavy atom. The zero-order valence-electron chi connectivity index (χ0n) is 10.1. The number of carbonyl (C=O) groups excluding carboxylic acids is 1. The normalized spacial score (nSPS) is 10.4. The molecule has 0 spiro atoms. The summed E-state index contributed by atoms with van der Waals surface area (Å²) in [6, 6.07) is 7.21. The lowest BCUT2D eigenvalue weighted by Gasteiger charge is -2.05. The summed E-state index contributed by atoms with van der Waals surface area (Å²) in [6.45, 7) is 1.82. The summed E-state index contributed by atoms with van der Waals surface area (Å²) >= 11 is 5.86. The van der Waals surface area contributed by atoms with Gasteiger partial charge in [0, 0.05) is 12.1 Å². The van der Waals surface area contributed by atoms with Crippen molar-refractivity contribution in [1.29, 1.82) is 0 Å². The van der Waals surface area contributed by atoms with Gasteiger partial charge in [-0.05, 0) is 24.6 Å². The molecule has 1 heterocycles. The van der Waals surface area contributed by atoms with Gasteiger partial charge in [-0.1, -0.05) is 23.7 Å². The third-order valence-corrected chi connectivity index (χ3v) is 2.83. The van der Waals surface area contributed by atoms with E-state index >= 15 is 0 Å². The van der Waals surface area contributed by atoms with Crippen molar-refractivity contribution in [3.8, 4) is 0 Å². The van der Waals surface area contributed by atoms with E-state index in [1.807, 2.05) is 19.1 Å². The largest absolute Gasteiger partial charge is 0.300 e. The molecule has 0 aliphatic rings. The van der Waals surface area contributed by atoms with Crippen LogP contribution in [0.25, 0.3) is 0 Å². The Morgan fingerprint density at radius 2 is 2.22 bits per heavy atom. The van der Waals surface area contributed by atoms with Crippen LogP contribution in [0.4, 0.5) is 5.95 Å². The number of benzene rings is 1. The Morgan fingerprint density at radius 1 is 1.44 bits per heavy atom. The third kappa shape index (κ3) is 2.87. The van der Waals surface area contributed by atoms with Crippen molar-refractivity contribution in [3.63, 3.8) is 0 Å². The van der Waals surface area contributed by atoms with Gasteiger partial charge in [-0.2, -0.15) is 0 Å². The quantitative estimate of drug-likeness (QED) is 0.922. The molecule has 2 aromatic rings. The number of aryl methyl sites for hydroxylation is 1. The topological polar surface area (TPSA) is 59.8 Å². The number of amides is 1. The molecule has 5 nitrogen and oxygen atoms in total. The first-order valence-corrected chi connectivity index (χ1v) is 5.84. The Bertz CT molecular complexity index is 579. The van der Waals surface area contributed by atoms with E-state index in [0.717, 1.165) is 11.4 Å². The molecule has 0 bridgehead atoms. The summed E-state index contributed by atoms with van der Waals surface area (Å²) in [5.74, 6) is 1.04. The van der Waals surface area contributed by atoms with Gasteiger partial charge in [0.05, 0.1) is 6.42 Å². The highest BCUT2D eigenvalue weighted by Crippen LogP contribution is 2.12. The van der Waals surface area contributed by atoms with Crippen LogP contribution in [-0.2, 0) is 18.3 Å². The average Bonchev–Trinajstić information content (AvgIpc) is 2.61. The van der Waals surface area contributed by atoms with Crippen molar-refractivity contribution in [2.24, 2.45) is 7.05 Å². The summed E-state index contributed by atoms with van der Waals surface area (Å²) in [5.41, 5.74) is 0.860. The molecule has 6 heteroatoms. The first-order chi connectivity index (χ1) is 8.56. The zero-order chi connectivity index (χ0) is 13.1. The van der Waals surface area contributed by atoms with Crippen LogP contribution in [0.1, 0.15) is 11.4 Å². The SMILES string of the molecule is Cc1nnc(NC(=O)Cc2cccc(Cl)c2)n1C. The number of halogens is 1. The van der Waals surface area contributed by atoms with Crippen molar-refractivity contribution in [3.05, 3.63) is 40.7 Å². The van der Waals surface area contributed by atoms with Gasteiger partial charge in [-0.3, -0.25) is 10.1 Å². The van der Waals surface area contributed by atoms with Gasteiger partial charge in [-0.25, -0.2) is 0 Å². The van der Waals surface area contributed by atoms with E-state index < -0.39 is 0 Å².